The fourth-order valence-corrected chi connectivity index (χ4v) is 3.43. The van der Waals surface area contributed by atoms with Crippen molar-refractivity contribution >= 4 is 12.0 Å². The van der Waals surface area contributed by atoms with Gasteiger partial charge < -0.3 is 34.1 Å². The Morgan fingerprint density at radius 3 is 2.52 bits per heavy atom. The monoisotopic (exact) mass is 435 g/mol. The van der Waals surface area contributed by atoms with E-state index in [0.717, 1.165) is 0 Å². The number of amides is 1. The number of carbonyl (C=O) groups is 1. The molecule has 0 aliphatic carbocycles. The van der Waals surface area contributed by atoms with Gasteiger partial charge in [-0.2, -0.15) is 0 Å². The zero-order valence-corrected chi connectivity index (χ0v) is 18.8. The molecule has 4 atom stereocenters. The Labute approximate surface area is 183 Å². The van der Waals surface area contributed by atoms with E-state index in [2.05, 4.69) is 5.32 Å². The van der Waals surface area contributed by atoms with E-state index in [-0.39, 0.29) is 24.8 Å². The smallest absolute Gasteiger partial charge is 0.255 e. The Morgan fingerprint density at radius 1 is 1.10 bits per heavy atom. The molecule has 2 N–H and O–H groups in total. The lowest BCUT2D eigenvalue weighted by Gasteiger charge is -2.27. The average Bonchev–Trinajstić information content (AvgIpc) is 2.75. The number of methoxy groups -OCH3 is 4. The first kappa shape index (κ1) is 24.9. The maximum atomic E-state index is 13.1. The van der Waals surface area contributed by atoms with Gasteiger partial charge in [0.15, 0.2) is 6.79 Å². The minimum atomic E-state index is -0.837. The fraction of sp³-hybridized carbons (Fsp3) is 0.522. The second-order valence-electron chi connectivity index (χ2n) is 7.28. The van der Waals surface area contributed by atoms with E-state index < -0.39 is 12.2 Å². The summed E-state index contributed by atoms with van der Waals surface area (Å²) < 4.78 is 27.1. The first-order valence-corrected chi connectivity index (χ1v) is 10.2. The van der Waals surface area contributed by atoms with Crippen molar-refractivity contribution in [1.29, 1.82) is 0 Å². The van der Waals surface area contributed by atoms with Gasteiger partial charge in [0.2, 0.25) is 0 Å². The van der Waals surface area contributed by atoms with Crippen molar-refractivity contribution in [3.63, 3.8) is 0 Å². The van der Waals surface area contributed by atoms with Gasteiger partial charge in [-0.05, 0) is 31.4 Å². The standard InChI is InChI=1S/C23H33NO7/c1-15-8-6-10-18(25)22(30-5)19(29-4)11-7-9-16-12-17(28-3)13-20(31-14-27-2)21(16)23(26)24-15/h6-7,9-10,12-13,15,18-19,22,25H,8,11,14H2,1-5H3,(H,24,26)/b9-7+,10-6-/t15?,18?,19-,22?/m0/s1. The van der Waals surface area contributed by atoms with E-state index >= 15 is 0 Å². The molecular formula is C23H33NO7. The summed E-state index contributed by atoms with van der Waals surface area (Å²) in [6.45, 7) is 1.88. The minimum Gasteiger partial charge on any atom is -0.497 e. The number of rotatable bonds is 6. The lowest BCUT2D eigenvalue weighted by atomic mass is 9.99. The van der Waals surface area contributed by atoms with Crippen LogP contribution in [-0.4, -0.2) is 70.6 Å². The van der Waals surface area contributed by atoms with Crippen LogP contribution < -0.4 is 14.8 Å². The molecule has 1 aliphatic rings. The molecule has 1 aromatic rings. The minimum absolute atomic E-state index is 0.00590. The lowest BCUT2D eigenvalue weighted by molar-refractivity contribution is -0.0794. The van der Waals surface area contributed by atoms with Gasteiger partial charge in [-0.3, -0.25) is 4.79 Å². The molecule has 1 amide bonds. The molecule has 1 heterocycles. The molecule has 0 aromatic heterocycles. The second kappa shape index (κ2) is 12.5. The summed E-state index contributed by atoms with van der Waals surface area (Å²) in [4.78, 5) is 13.1. The summed E-state index contributed by atoms with van der Waals surface area (Å²) >= 11 is 0. The van der Waals surface area contributed by atoms with E-state index in [1.54, 1.807) is 39.5 Å². The predicted molar refractivity (Wildman–Crippen MR) is 117 cm³/mol. The van der Waals surface area contributed by atoms with Crippen molar-refractivity contribution < 1.29 is 33.6 Å². The van der Waals surface area contributed by atoms with E-state index in [4.69, 9.17) is 23.7 Å². The van der Waals surface area contributed by atoms with Gasteiger partial charge in [0, 0.05) is 33.4 Å². The molecule has 31 heavy (non-hydrogen) atoms. The summed E-state index contributed by atoms with van der Waals surface area (Å²) in [7, 11) is 6.18. The lowest BCUT2D eigenvalue weighted by Crippen LogP contribution is -2.39. The van der Waals surface area contributed by atoms with Crippen LogP contribution in [0.5, 0.6) is 11.5 Å². The van der Waals surface area contributed by atoms with Crippen LogP contribution >= 0.6 is 0 Å². The Hall–Kier alpha value is -2.39. The highest BCUT2D eigenvalue weighted by Gasteiger charge is 2.27. The zero-order chi connectivity index (χ0) is 22.8. The van der Waals surface area contributed by atoms with Crippen molar-refractivity contribution in [3.8, 4) is 11.5 Å². The van der Waals surface area contributed by atoms with Gasteiger partial charge in [-0.15, -0.1) is 0 Å². The predicted octanol–water partition coefficient (Wildman–Crippen LogP) is 2.55. The highest BCUT2D eigenvalue weighted by atomic mass is 16.7. The van der Waals surface area contributed by atoms with Gasteiger partial charge in [0.25, 0.3) is 5.91 Å². The normalized spacial score (nSPS) is 26.8. The van der Waals surface area contributed by atoms with Crippen molar-refractivity contribution in [2.24, 2.45) is 0 Å². The molecule has 1 aliphatic heterocycles. The molecule has 2 rings (SSSR count). The number of hydrogen-bond donors (Lipinski definition) is 2. The number of ether oxygens (including phenoxy) is 5. The molecule has 0 fully saturated rings. The van der Waals surface area contributed by atoms with E-state index in [1.165, 1.54) is 7.11 Å². The van der Waals surface area contributed by atoms with Crippen LogP contribution in [0.25, 0.3) is 6.08 Å². The maximum absolute atomic E-state index is 13.1. The van der Waals surface area contributed by atoms with Crippen molar-refractivity contribution in [2.45, 2.75) is 44.1 Å². The van der Waals surface area contributed by atoms with Crippen LogP contribution in [0.15, 0.2) is 30.4 Å². The highest BCUT2D eigenvalue weighted by molar-refractivity contribution is 6.01. The highest BCUT2D eigenvalue weighted by Crippen LogP contribution is 2.31. The molecule has 0 bridgehead atoms. The van der Waals surface area contributed by atoms with E-state index in [1.807, 2.05) is 25.2 Å². The fourth-order valence-electron chi connectivity index (χ4n) is 3.43. The van der Waals surface area contributed by atoms with Crippen LogP contribution in [0.4, 0.5) is 0 Å². The number of nitrogens with one attached hydrogen (secondary N) is 1. The third-order valence-corrected chi connectivity index (χ3v) is 5.05. The van der Waals surface area contributed by atoms with Crippen LogP contribution in [0.1, 0.15) is 35.7 Å². The largest absolute Gasteiger partial charge is 0.497 e. The van der Waals surface area contributed by atoms with Crippen molar-refractivity contribution in [1.82, 2.24) is 5.32 Å². The summed E-state index contributed by atoms with van der Waals surface area (Å²) in [6.07, 6.45) is 6.42. The van der Waals surface area contributed by atoms with Crippen LogP contribution in [0.2, 0.25) is 0 Å². The zero-order valence-electron chi connectivity index (χ0n) is 18.8. The van der Waals surface area contributed by atoms with Crippen molar-refractivity contribution in [2.75, 3.05) is 35.2 Å². The molecule has 0 radical (unpaired) electrons. The number of aliphatic hydroxyl groups excluding tert-OH is 1. The molecule has 0 saturated heterocycles. The van der Waals surface area contributed by atoms with Gasteiger partial charge in [-0.25, -0.2) is 0 Å². The van der Waals surface area contributed by atoms with Crippen LogP contribution in [0, 0.1) is 0 Å². The number of fused-ring (bicyclic) bond motifs is 1. The Kier molecular flexibility index (Phi) is 10.00. The summed E-state index contributed by atoms with van der Waals surface area (Å²) in [5.41, 5.74) is 1.02. The van der Waals surface area contributed by atoms with E-state index in [0.29, 0.717) is 35.5 Å². The van der Waals surface area contributed by atoms with Crippen molar-refractivity contribution in [3.05, 3.63) is 41.5 Å². The molecule has 0 saturated carbocycles. The van der Waals surface area contributed by atoms with Gasteiger partial charge in [0.05, 0.1) is 18.8 Å². The number of carbonyl (C=O) groups excluding carboxylic acids is 1. The Balaban J connectivity index is 2.53. The molecule has 0 spiro atoms. The molecule has 8 nitrogen and oxygen atoms in total. The SMILES string of the molecule is COCOc1cc(OC)cc2c1C(=O)NC(C)C/C=C\C(O)C(OC)[C@@H](OC)C/C=C/2. The third-order valence-electron chi connectivity index (χ3n) is 5.05. The topological polar surface area (TPSA) is 95.5 Å². The molecule has 172 valence electrons. The molecule has 3 unspecified atom stereocenters. The average molecular weight is 436 g/mol. The molecular weight excluding hydrogens is 402 g/mol. The van der Waals surface area contributed by atoms with Gasteiger partial charge in [0.1, 0.15) is 23.7 Å². The second-order valence-corrected chi connectivity index (χ2v) is 7.28. The molecule has 8 heteroatoms. The summed E-state index contributed by atoms with van der Waals surface area (Å²) in [6, 6.07) is 3.26. The van der Waals surface area contributed by atoms with Crippen LogP contribution in [-0.2, 0) is 14.2 Å². The summed E-state index contributed by atoms with van der Waals surface area (Å²) in [5.74, 6) is 0.638. The first-order chi connectivity index (χ1) is 14.9. The number of aliphatic hydroxyl groups is 1. The Bertz CT molecular complexity index is 777. The number of hydrogen-bond acceptors (Lipinski definition) is 7. The third kappa shape index (κ3) is 6.80. The van der Waals surface area contributed by atoms with Gasteiger partial charge in [-0.1, -0.05) is 24.3 Å². The van der Waals surface area contributed by atoms with Crippen LogP contribution in [0.3, 0.4) is 0 Å². The van der Waals surface area contributed by atoms with E-state index in [9.17, 15) is 9.90 Å². The molecule has 1 aromatic carbocycles. The maximum Gasteiger partial charge on any atom is 0.255 e. The quantitative estimate of drug-likeness (QED) is 0.524. The number of benzene rings is 1. The van der Waals surface area contributed by atoms with Gasteiger partial charge >= 0.3 is 0 Å². The first-order valence-electron chi connectivity index (χ1n) is 10.2. The summed E-state index contributed by atoms with van der Waals surface area (Å²) in [5, 5.41) is 13.5. The Morgan fingerprint density at radius 2 is 1.87 bits per heavy atom.